The van der Waals surface area contributed by atoms with Crippen LogP contribution in [0.2, 0.25) is 0 Å². The van der Waals surface area contributed by atoms with Gasteiger partial charge in [-0.25, -0.2) is 23.3 Å². The molecule has 1 unspecified atom stereocenters. The number of nitrogens with two attached hydrogens (primary N) is 1. The maximum Gasteiger partial charge on any atom is 0.405 e. The summed E-state index contributed by atoms with van der Waals surface area (Å²) in [5.41, 5.74) is 6.94. The van der Waals surface area contributed by atoms with Crippen molar-refractivity contribution in [1.82, 2.24) is 19.4 Å². The highest BCUT2D eigenvalue weighted by molar-refractivity contribution is 5.89. The van der Waals surface area contributed by atoms with Gasteiger partial charge >= 0.3 is 17.8 Å². The van der Waals surface area contributed by atoms with Crippen LogP contribution in [0.1, 0.15) is 50.8 Å². The number of halogens is 1. The molecule has 4 rings (SSSR count). The lowest BCUT2D eigenvalue weighted by molar-refractivity contribution is 0.0860. The number of likely N-dealkylation sites (tertiary alicyclic amines) is 1. The second kappa shape index (κ2) is 11.6. The van der Waals surface area contributed by atoms with Crippen LogP contribution >= 0.6 is 0 Å². The number of imidazole rings is 1. The Morgan fingerprint density at radius 3 is 2.35 bits per heavy atom. The molecule has 37 heavy (non-hydrogen) atoms. The van der Waals surface area contributed by atoms with Gasteiger partial charge in [0.1, 0.15) is 11.9 Å². The minimum Gasteiger partial charge on any atom is -0.441 e. The van der Waals surface area contributed by atoms with Gasteiger partial charge in [-0.05, 0) is 75.5 Å². The number of primary amides is 1. The minimum absolute atomic E-state index is 0.0631. The molecule has 1 fully saturated rings. The van der Waals surface area contributed by atoms with E-state index in [4.69, 9.17) is 10.5 Å². The van der Waals surface area contributed by atoms with Gasteiger partial charge in [0, 0.05) is 25.6 Å². The van der Waals surface area contributed by atoms with E-state index < -0.39 is 18.2 Å². The molecule has 0 spiro atoms. The topological polar surface area (TPSA) is 112 Å². The molecule has 10 heteroatoms. The van der Waals surface area contributed by atoms with E-state index in [1.54, 1.807) is 22.8 Å². The quantitative estimate of drug-likeness (QED) is 0.475. The molecule has 0 radical (unpaired) electrons. The van der Waals surface area contributed by atoms with E-state index in [1.807, 2.05) is 32.0 Å². The average molecular weight is 512 g/mol. The van der Waals surface area contributed by atoms with E-state index in [1.165, 1.54) is 16.7 Å². The molecule has 0 saturated carbocycles. The number of benzene rings is 2. The van der Waals surface area contributed by atoms with E-state index in [-0.39, 0.29) is 17.5 Å². The van der Waals surface area contributed by atoms with Gasteiger partial charge in [0.15, 0.2) is 0 Å². The smallest absolute Gasteiger partial charge is 0.405 e. The predicted octanol–water partition coefficient (Wildman–Crippen LogP) is 4.02. The number of fused-ring (bicyclic) bond motifs is 1. The number of carbonyl (C=O) groups is 2. The Hall–Kier alpha value is -3.66. The van der Waals surface area contributed by atoms with E-state index in [2.05, 4.69) is 10.2 Å². The number of piperidine rings is 1. The van der Waals surface area contributed by atoms with Gasteiger partial charge in [-0.1, -0.05) is 24.3 Å². The lowest BCUT2D eigenvalue weighted by Gasteiger charge is -2.32. The van der Waals surface area contributed by atoms with E-state index in [0.717, 1.165) is 31.4 Å². The first-order chi connectivity index (χ1) is 17.7. The first-order valence-corrected chi connectivity index (χ1v) is 12.7. The fourth-order valence-corrected chi connectivity index (χ4v) is 5.00. The molecule has 3 aromatic rings. The number of nitrogens with zero attached hydrogens (tertiary/aromatic N) is 3. The molecule has 0 bridgehead atoms. The molecule has 1 aliphatic heterocycles. The summed E-state index contributed by atoms with van der Waals surface area (Å²) in [7, 11) is 0. The van der Waals surface area contributed by atoms with Gasteiger partial charge < -0.3 is 20.7 Å². The second-order valence-electron chi connectivity index (χ2n) is 9.81. The fourth-order valence-electron chi connectivity index (χ4n) is 5.00. The summed E-state index contributed by atoms with van der Waals surface area (Å²) < 4.78 is 21.4. The third kappa shape index (κ3) is 6.19. The van der Waals surface area contributed by atoms with Crippen LogP contribution in [-0.2, 0) is 4.74 Å². The van der Waals surface area contributed by atoms with E-state index in [0.29, 0.717) is 36.5 Å². The number of aromatic nitrogens is 2. The number of carbonyl (C=O) groups excluding carboxylic acids is 2. The summed E-state index contributed by atoms with van der Waals surface area (Å²) in [6.07, 6.45) is 0.918. The summed E-state index contributed by atoms with van der Waals surface area (Å²) in [5, 5.41) is 2.96. The van der Waals surface area contributed by atoms with Crippen molar-refractivity contribution in [2.75, 3.05) is 26.2 Å². The van der Waals surface area contributed by atoms with Crippen molar-refractivity contribution in [2.45, 2.75) is 45.3 Å². The lowest BCUT2D eigenvalue weighted by atomic mass is 9.96. The van der Waals surface area contributed by atoms with Gasteiger partial charge in [0.05, 0.1) is 11.0 Å². The van der Waals surface area contributed by atoms with Crippen molar-refractivity contribution in [3.63, 3.8) is 0 Å². The molecule has 1 atom stereocenters. The van der Waals surface area contributed by atoms with Crippen LogP contribution in [0.5, 0.6) is 0 Å². The van der Waals surface area contributed by atoms with Gasteiger partial charge in [0.25, 0.3) is 0 Å². The number of hydrogen-bond acceptors (Lipinski definition) is 5. The molecule has 9 nitrogen and oxygen atoms in total. The maximum absolute atomic E-state index is 13.3. The zero-order valence-electron chi connectivity index (χ0n) is 21.2. The normalized spacial score (nSPS) is 15.7. The standard InChI is InChI=1S/C27H34FN5O4/c1-18(2)32-22-5-3-4-6-23(22)33(27(32)36)26(35)30-17-19-11-14-31(15-12-19)16-13-24(37-25(29)34)20-7-9-21(28)10-8-20/h3-10,18-19,24H,11-17H2,1-2H3,(H2,29,34)(H,30,35). The van der Waals surface area contributed by atoms with Crippen LogP contribution in [0.4, 0.5) is 14.0 Å². The van der Waals surface area contributed by atoms with Gasteiger partial charge in [-0.2, -0.15) is 0 Å². The molecule has 3 N–H and O–H groups in total. The van der Waals surface area contributed by atoms with Gasteiger partial charge in [0.2, 0.25) is 0 Å². The monoisotopic (exact) mass is 511 g/mol. The van der Waals surface area contributed by atoms with Gasteiger partial charge in [-0.15, -0.1) is 0 Å². The Labute approximate surface area is 215 Å². The molecular weight excluding hydrogens is 477 g/mol. The van der Waals surface area contributed by atoms with Crippen molar-refractivity contribution in [3.05, 3.63) is 70.4 Å². The molecule has 0 aliphatic carbocycles. The highest BCUT2D eigenvalue weighted by atomic mass is 19.1. The van der Waals surface area contributed by atoms with Crippen molar-refractivity contribution >= 4 is 23.2 Å². The van der Waals surface area contributed by atoms with Crippen LogP contribution in [0.15, 0.2) is 53.3 Å². The number of para-hydroxylation sites is 2. The predicted molar refractivity (Wildman–Crippen MR) is 139 cm³/mol. The Kier molecular flexibility index (Phi) is 8.27. The SMILES string of the molecule is CC(C)n1c(=O)n(C(=O)NCC2CCN(CCC(OC(N)=O)c3ccc(F)cc3)CC2)c2ccccc21. The molecule has 1 aromatic heterocycles. The van der Waals surface area contributed by atoms with Crippen LogP contribution < -0.4 is 16.7 Å². The summed E-state index contributed by atoms with van der Waals surface area (Å²) in [5.74, 6) is -0.0598. The molecule has 2 aromatic carbocycles. The van der Waals surface area contributed by atoms with E-state index in [9.17, 15) is 18.8 Å². The Bertz CT molecular complexity index is 1290. The minimum atomic E-state index is -0.862. The largest absolute Gasteiger partial charge is 0.441 e. The van der Waals surface area contributed by atoms with Crippen molar-refractivity contribution in [3.8, 4) is 0 Å². The summed E-state index contributed by atoms with van der Waals surface area (Å²) in [6, 6.07) is 12.7. The zero-order chi connectivity index (χ0) is 26.5. The maximum atomic E-state index is 13.3. The number of ether oxygens (including phenoxy) is 1. The third-order valence-electron chi connectivity index (χ3n) is 6.96. The lowest BCUT2D eigenvalue weighted by Crippen LogP contribution is -2.42. The van der Waals surface area contributed by atoms with Crippen LogP contribution in [0, 0.1) is 11.7 Å². The van der Waals surface area contributed by atoms with Crippen molar-refractivity contribution < 1.29 is 18.7 Å². The molecule has 2 amide bonds. The van der Waals surface area contributed by atoms with Gasteiger partial charge in [-0.3, -0.25) is 4.57 Å². The molecule has 1 aliphatic rings. The van der Waals surface area contributed by atoms with Crippen LogP contribution in [0.25, 0.3) is 11.0 Å². The molecular formula is C27H34FN5O4. The Morgan fingerprint density at radius 2 is 1.73 bits per heavy atom. The van der Waals surface area contributed by atoms with Crippen molar-refractivity contribution in [2.24, 2.45) is 11.7 Å². The van der Waals surface area contributed by atoms with Crippen LogP contribution in [0.3, 0.4) is 0 Å². The number of rotatable bonds is 8. The van der Waals surface area contributed by atoms with Crippen LogP contribution in [-0.4, -0.2) is 52.3 Å². The number of amides is 2. The zero-order valence-corrected chi connectivity index (χ0v) is 21.2. The fraction of sp³-hybridized carbons (Fsp3) is 0.444. The first-order valence-electron chi connectivity index (χ1n) is 12.7. The van der Waals surface area contributed by atoms with Crippen molar-refractivity contribution in [1.29, 1.82) is 0 Å². The number of hydrogen-bond donors (Lipinski definition) is 2. The highest BCUT2D eigenvalue weighted by Crippen LogP contribution is 2.24. The Morgan fingerprint density at radius 1 is 1.08 bits per heavy atom. The highest BCUT2D eigenvalue weighted by Gasteiger charge is 2.24. The second-order valence-corrected chi connectivity index (χ2v) is 9.81. The number of nitrogens with one attached hydrogen (secondary N) is 1. The first kappa shape index (κ1) is 26.4. The third-order valence-corrected chi connectivity index (χ3v) is 6.96. The molecule has 198 valence electrons. The molecule has 1 saturated heterocycles. The average Bonchev–Trinajstić information content (AvgIpc) is 3.18. The summed E-state index contributed by atoms with van der Waals surface area (Å²) in [6.45, 7) is 6.69. The summed E-state index contributed by atoms with van der Waals surface area (Å²) >= 11 is 0. The summed E-state index contributed by atoms with van der Waals surface area (Å²) in [4.78, 5) is 39.6. The molecule has 2 heterocycles. The van der Waals surface area contributed by atoms with E-state index >= 15 is 0 Å². The Balaban J connectivity index is 1.30.